The van der Waals surface area contributed by atoms with Crippen LogP contribution in [0.15, 0.2) is 6.07 Å². The van der Waals surface area contributed by atoms with E-state index in [1.807, 2.05) is 0 Å². The number of aromatic nitrogens is 1. The summed E-state index contributed by atoms with van der Waals surface area (Å²) in [5.41, 5.74) is 4.01. The third kappa shape index (κ3) is 3.42. The molecule has 0 radical (unpaired) electrons. The predicted molar refractivity (Wildman–Crippen MR) is 50.3 cm³/mol. The highest BCUT2D eigenvalue weighted by atomic mass is 19.4. The topological polar surface area (TPSA) is 57.4 Å². The van der Waals surface area contributed by atoms with Crippen LogP contribution < -0.4 is 15.2 Å². The first-order valence-electron chi connectivity index (χ1n) is 4.60. The molecule has 9 heteroatoms. The summed E-state index contributed by atoms with van der Waals surface area (Å²) in [6.07, 6.45) is -8.32. The van der Waals surface area contributed by atoms with E-state index < -0.39 is 24.2 Å². The van der Waals surface area contributed by atoms with Gasteiger partial charge in [-0.05, 0) is 0 Å². The molecule has 0 bridgehead atoms. The highest BCUT2D eigenvalue weighted by Crippen LogP contribution is 2.35. The smallest absolute Gasteiger partial charge is 0.495 e. The summed E-state index contributed by atoms with van der Waals surface area (Å²) < 4.78 is 69.4. The number of halogens is 5. The fourth-order valence-corrected chi connectivity index (χ4v) is 1.22. The molecule has 18 heavy (non-hydrogen) atoms. The molecule has 4 nitrogen and oxygen atoms in total. The number of pyridine rings is 1. The van der Waals surface area contributed by atoms with Gasteiger partial charge in [-0.1, -0.05) is 0 Å². The normalized spacial score (nSPS) is 11.8. The van der Waals surface area contributed by atoms with Gasteiger partial charge >= 0.3 is 6.36 Å². The van der Waals surface area contributed by atoms with Crippen molar-refractivity contribution in [1.29, 1.82) is 0 Å². The maximum Gasteiger partial charge on any atom is 0.573 e. The Labute approximate surface area is 98.5 Å². The van der Waals surface area contributed by atoms with E-state index in [1.54, 1.807) is 0 Å². The average Bonchev–Trinajstić information content (AvgIpc) is 2.25. The molecule has 0 saturated carbocycles. The Balaban J connectivity index is 3.29. The van der Waals surface area contributed by atoms with Crippen molar-refractivity contribution in [3.8, 4) is 11.5 Å². The Morgan fingerprint density at radius 1 is 1.33 bits per heavy atom. The van der Waals surface area contributed by atoms with Crippen molar-refractivity contribution in [3.05, 3.63) is 17.5 Å². The third-order valence-electron chi connectivity index (χ3n) is 1.90. The number of nitrogens with two attached hydrogens (primary N) is 1. The first-order valence-corrected chi connectivity index (χ1v) is 4.60. The summed E-state index contributed by atoms with van der Waals surface area (Å²) >= 11 is 0. The van der Waals surface area contributed by atoms with E-state index in [4.69, 9.17) is 10.5 Å². The number of hydrogen-bond donors (Lipinski definition) is 1. The Morgan fingerprint density at radius 3 is 2.33 bits per heavy atom. The predicted octanol–water partition coefficient (Wildman–Crippen LogP) is 2.39. The van der Waals surface area contributed by atoms with Gasteiger partial charge in [0.05, 0.1) is 12.8 Å². The van der Waals surface area contributed by atoms with Crippen LogP contribution in [0.1, 0.15) is 17.8 Å². The van der Waals surface area contributed by atoms with E-state index in [-0.39, 0.29) is 18.0 Å². The molecule has 0 spiro atoms. The van der Waals surface area contributed by atoms with Crippen molar-refractivity contribution < 1.29 is 31.4 Å². The van der Waals surface area contributed by atoms with Gasteiger partial charge in [-0.2, -0.15) is 0 Å². The van der Waals surface area contributed by atoms with Crippen molar-refractivity contribution in [3.63, 3.8) is 0 Å². The summed E-state index contributed by atoms with van der Waals surface area (Å²) in [7, 11) is 1.15. The molecule has 0 amide bonds. The molecule has 102 valence electrons. The fraction of sp³-hybridized carbons (Fsp3) is 0.444. The monoisotopic (exact) mass is 272 g/mol. The SMILES string of the molecule is COc1cc(OC(F)(F)F)c(C(F)F)nc1CN. The Hall–Kier alpha value is -1.64. The molecule has 1 heterocycles. The first kappa shape index (κ1) is 14.4. The van der Waals surface area contributed by atoms with Gasteiger partial charge in [0.1, 0.15) is 11.4 Å². The summed E-state index contributed by atoms with van der Waals surface area (Å²) in [5, 5.41) is 0. The van der Waals surface area contributed by atoms with Gasteiger partial charge in [-0.15, -0.1) is 13.2 Å². The van der Waals surface area contributed by atoms with Crippen LogP contribution in [0.4, 0.5) is 22.0 Å². The number of hydrogen-bond acceptors (Lipinski definition) is 4. The highest BCUT2D eigenvalue weighted by molar-refractivity contribution is 5.40. The second-order valence-corrected chi connectivity index (χ2v) is 3.07. The van der Waals surface area contributed by atoms with Gasteiger partial charge in [0.25, 0.3) is 6.43 Å². The van der Waals surface area contributed by atoms with Gasteiger partial charge in [0.15, 0.2) is 5.75 Å². The van der Waals surface area contributed by atoms with Crippen LogP contribution in [0.3, 0.4) is 0 Å². The molecule has 0 aromatic carbocycles. The minimum Gasteiger partial charge on any atom is -0.495 e. The molecule has 0 fully saturated rings. The van der Waals surface area contributed by atoms with Crippen LogP contribution >= 0.6 is 0 Å². The minimum absolute atomic E-state index is 0.0812. The van der Waals surface area contributed by atoms with E-state index in [9.17, 15) is 22.0 Å². The molecule has 0 aliphatic rings. The Morgan fingerprint density at radius 2 is 1.94 bits per heavy atom. The molecule has 1 aromatic heterocycles. The van der Waals surface area contributed by atoms with Gasteiger partial charge < -0.3 is 15.2 Å². The van der Waals surface area contributed by atoms with Crippen molar-refractivity contribution in [2.24, 2.45) is 5.73 Å². The second kappa shape index (κ2) is 5.34. The van der Waals surface area contributed by atoms with Gasteiger partial charge in [0, 0.05) is 12.6 Å². The van der Waals surface area contributed by atoms with Crippen molar-refractivity contribution >= 4 is 0 Å². The van der Waals surface area contributed by atoms with Crippen LogP contribution in [0.2, 0.25) is 0 Å². The number of alkyl halides is 5. The molecular formula is C9H9F5N2O2. The lowest BCUT2D eigenvalue weighted by Crippen LogP contribution is -2.19. The molecular weight excluding hydrogens is 263 g/mol. The second-order valence-electron chi connectivity index (χ2n) is 3.07. The minimum atomic E-state index is -5.10. The van der Waals surface area contributed by atoms with Crippen molar-refractivity contribution in [1.82, 2.24) is 4.98 Å². The maximum absolute atomic E-state index is 12.6. The summed E-state index contributed by atoms with van der Waals surface area (Å²) in [6, 6.07) is 0.685. The molecule has 0 saturated heterocycles. The zero-order valence-corrected chi connectivity index (χ0v) is 9.09. The Bertz CT molecular complexity index is 422. The lowest BCUT2D eigenvalue weighted by Gasteiger charge is -2.15. The van der Waals surface area contributed by atoms with Gasteiger partial charge in [0.2, 0.25) is 0 Å². The fourth-order valence-electron chi connectivity index (χ4n) is 1.22. The maximum atomic E-state index is 12.6. The zero-order chi connectivity index (χ0) is 13.9. The summed E-state index contributed by atoms with van der Waals surface area (Å²) in [6.45, 7) is -0.255. The summed E-state index contributed by atoms with van der Waals surface area (Å²) in [4.78, 5) is 3.32. The number of rotatable bonds is 4. The van der Waals surface area contributed by atoms with E-state index >= 15 is 0 Å². The van der Waals surface area contributed by atoms with E-state index in [0.717, 1.165) is 7.11 Å². The van der Waals surface area contributed by atoms with E-state index in [0.29, 0.717) is 6.07 Å². The van der Waals surface area contributed by atoms with E-state index in [1.165, 1.54) is 0 Å². The lowest BCUT2D eigenvalue weighted by atomic mass is 10.2. The number of methoxy groups -OCH3 is 1. The van der Waals surface area contributed by atoms with Crippen LogP contribution in [-0.2, 0) is 6.54 Å². The molecule has 0 aliphatic heterocycles. The highest BCUT2D eigenvalue weighted by Gasteiger charge is 2.34. The van der Waals surface area contributed by atoms with Crippen LogP contribution in [-0.4, -0.2) is 18.5 Å². The van der Waals surface area contributed by atoms with Gasteiger partial charge in [-0.3, -0.25) is 0 Å². The zero-order valence-electron chi connectivity index (χ0n) is 9.09. The largest absolute Gasteiger partial charge is 0.573 e. The molecule has 0 unspecified atom stereocenters. The molecule has 0 atom stereocenters. The van der Waals surface area contributed by atoms with Gasteiger partial charge in [-0.25, -0.2) is 13.8 Å². The van der Waals surface area contributed by atoms with Crippen molar-refractivity contribution in [2.45, 2.75) is 19.3 Å². The quantitative estimate of drug-likeness (QED) is 0.855. The standard InChI is InChI=1S/C9H9F5N2O2/c1-17-5-2-6(18-9(12,13)14)7(8(10)11)16-4(5)3-15/h2,8H,3,15H2,1H3. The molecule has 0 aliphatic carbocycles. The van der Waals surface area contributed by atoms with Crippen LogP contribution in [0.5, 0.6) is 11.5 Å². The molecule has 2 N–H and O–H groups in total. The van der Waals surface area contributed by atoms with Crippen molar-refractivity contribution in [2.75, 3.05) is 7.11 Å². The average molecular weight is 272 g/mol. The number of nitrogens with zero attached hydrogens (tertiary/aromatic N) is 1. The lowest BCUT2D eigenvalue weighted by molar-refractivity contribution is -0.275. The Kier molecular flexibility index (Phi) is 4.28. The molecule has 1 rings (SSSR count). The third-order valence-corrected chi connectivity index (χ3v) is 1.90. The summed E-state index contributed by atoms with van der Waals surface area (Å²) in [5.74, 6) is -1.26. The van der Waals surface area contributed by atoms with E-state index in [2.05, 4.69) is 9.72 Å². The first-order chi connectivity index (χ1) is 8.28. The number of ether oxygens (including phenoxy) is 2. The van der Waals surface area contributed by atoms with Crippen LogP contribution in [0, 0.1) is 0 Å². The van der Waals surface area contributed by atoms with Crippen LogP contribution in [0.25, 0.3) is 0 Å². The molecule has 1 aromatic rings.